The van der Waals surface area contributed by atoms with Crippen LogP contribution in [0.2, 0.25) is 0 Å². The second-order valence-corrected chi connectivity index (χ2v) is 3.41. The van der Waals surface area contributed by atoms with Gasteiger partial charge in [0.15, 0.2) is 0 Å². The third-order valence-corrected chi connectivity index (χ3v) is 2.59. The van der Waals surface area contributed by atoms with Crippen molar-refractivity contribution in [3.05, 3.63) is 0 Å². The highest BCUT2D eigenvalue weighted by atomic mass is 16.4. The quantitative estimate of drug-likeness (QED) is 0.657. The van der Waals surface area contributed by atoms with Crippen LogP contribution in [0.15, 0.2) is 0 Å². The highest BCUT2D eigenvalue weighted by molar-refractivity contribution is 5.70. The zero-order valence-electron chi connectivity index (χ0n) is 7.55. The molecule has 0 bridgehead atoms. The van der Waals surface area contributed by atoms with Gasteiger partial charge < -0.3 is 10.4 Å². The average molecular weight is 171 g/mol. The van der Waals surface area contributed by atoms with Gasteiger partial charge in [-0.1, -0.05) is 13.3 Å². The fraction of sp³-hybridized carbons (Fsp3) is 0.889. The fourth-order valence-electron chi connectivity index (χ4n) is 1.84. The Bertz CT molecular complexity index is 159. The molecule has 1 heterocycles. The summed E-state index contributed by atoms with van der Waals surface area (Å²) < 4.78 is 0. The summed E-state index contributed by atoms with van der Waals surface area (Å²) >= 11 is 0. The van der Waals surface area contributed by atoms with Crippen LogP contribution in [-0.2, 0) is 4.79 Å². The molecule has 0 amide bonds. The van der Waals surface area contributed by atoms with E-state index in [2.05, 4.69) is 5.32 Å². The minimum absolute atomic E-state index is 0.169. The SMILES string of the molecule is CC[C@H]1NCCCC[C@@H]1C(=O)O. The summed E-state index contributed by atoms with van der Waals surface area (Å²) in [6.07, 6.45) is 3.90. The Morgan fingerprint density at radius 3 is 2.92 bits per heavy atom. The van der Waals surface area contributed by atoms with Gasteiger partial charge in [0.25, 0.3) is 0 Å². The van der Waals surface area contributed by atoms with Gasteiger partial charge in [-0.05, 0) is 25.8 Å². The lowest BCUT2D eigenvalue weighted by Gasteiger charge is -2.20. The molecule has 0 aromatic heterocycles. The molecule has 0 radical (unpaired) electrons. The van der Waals surface area contributed by atoms with Crippen molar-refractivity contribution in [1.82, 2.24) is 5.32 Å². The molecular weight excluding hydrogens is 154 g/mol. The molecule has 12 heavy (non-hydrogen) atoms. The molecular formula is C9H17NO2. The van der Waals surface area contributed by atoms with Crippen LogP contribution in [0, 0.1) is 5.92 Å². The van der Waals surface area contributed by atoms with Crippen LogP contribution in [0.25, 0.3) is 0 Å². The van der Waals surface area contributed by atoms with Gasteiger partial charge in [-0.3, -0.25) is 4.79 Å². The third-order valence-electron chi connectivity index (χ3n) is 2.59. The first-order valence-corrected chi connectivity index (χ1v) is 4.72. The molecule has 3 nitrogen and oxygen atoms in total. The van der Waals surface area contributed by atoms with Crippen molar-refractivity contribution < 1.29 is 9.90 Å². The summed E-state index contributed by atoms with van der Waals surface area (Å²) in [7, 11) is 0. The van der Waals surface area contributed by atoms with E-state index >= 15 is 0 Å². The monoisotopic (exact) mass is 171 g/mol. The zero-order chi connectivity index (χ0) is 8.97. The first-order chi connectivity index (χ1) is 5.75. The molecule has 0 spiro atoms. The Labute approximate surface area is 73.2 Å². The van der Waals surface area contributed by atoms with Crippen molar-refractivity contribution in [2.75, 3.05) is 6.54 Å². The van der Waals surface area contributed by atoms with Gasteiger partial charge in [-0.25, -0.2) is 0 Å². The number of hydrogen-bond donors (Lipinski definition) is 2. The molecule has 2 atom stereocenters. The Balaban J connectivity index is 2.57. The second kappa shape index (κ2) is 4.45. The molecule has 1 saturated heterocycles. The van der Waals surface area contributed by atoms with E-state index in [1.165, 1.54) is 0 Å². The molecule has 70 valence electrons. The Morgan fingerprint density at radius 2 is 2.33 bits per heavy atom. The van der Waals surface area contributed by atoms with Gasteiger partial charge in [0, 0.05) is 6.04 Å². The van der Waals surface area contributed by atoms with Gasteiger partial charge in [0.2, 0.25) is 0 Å². The third kappa shape index (κ3) is 2.21. The number of carboxylic acid groups (broad SMARTS) is 1. The summed E-state index contributed by atoms with van der Waals surface area (Å²) in [4.78, 5) is 10.8. The summed E-state index contributed by atoms with van der Waals surface area (Å²) in [5.74, 6) is -0.811. The Morgan fingerprint density at radius 1 is 1.58 bits per heavy atom. The van der Waals surface area contributed by atoms with Crippen molar-refractivity contribution in [2.24, 2.45) is 5.92 Å². The Kier molecular flexibility index (Phi) is 3.53. The molecule has 3 heteroatoms. The summed E-state index contributed by atoms with van der Waals surface area (Å²) in [5, 5.41) is 12.2. The molecule has 1 rings (SSSR count). The van der Waals surface area contributed by atoms with Crippen molar-refractivity contribution in [2.45, 2.75) is 38.6 Å². The van der Waals surface area contributed by atoms with E-state index in [0.29, 0.717) is 0 Å². The lowest BCUT2D eigenvalue weighted by Crippen LogP contribution is -2.38. The molecule has 2 N–H and O–H groups in total. The smallest absolute Gasteiger partial charge is 0.308 e. The van der Waals surface area contributed by atoms with Crippen LogP contribution in [0.3, 0.4) is 0 Å². The number of nitrogens with one attached hydrogen (secondary N) is 1. The molecule has 0 aliphatic carbocycles. The molecule has 0 unspecified atom stereocenters. The number of rotatable bonds is 2. The van der Waals surface area contributed by atoms with Gasteiger partial charge in [-0.15, -0.1) is 0 Å². The Hall–Kier alpha value is -0.570. The molecule has 1 aliphatic heterocycles. The number of aliphatic carboxylic acids is 1. The second-order valence-electron chi connectivity index (χ2n) is 3.41. The van der Waals surface area contributed by atoms with Crippen molar-refractivity contribution in [3.8, 4) is 0 Å². The maximum absolute atomic E-state index is 10.8. The minimum Gasteiger partial charge on any atom is -0.481 e. The summed E-state index contributed by atoms with van der Waals surface area (Å²) in [6.45, 7) is 3.02. The van der Waals surface area contributed by atoms with Gasteiger partial charge in [0.1, 0.15) is 0 Å². The number of carbonyl (C=O) groups is 1. The van der Waals surface area contributed by atoms with Gasteiger partial charge >= 0.3 is 5.97 Å². The number of carboxylic acids is 1. The van der Waals surface area contributed by atoms with Crippen LogP contribution in [0.5, 0.6) is 0 Å². The summed E-state index contributed by atoms with van der Waals surface area (Å²) in [6, 6.07) is 0.185. The predicted octanol–water partition coefficient (Wildman–Crippen LogP) is 1.24. The first kappa shape index (κ1) is 9.52. The van der Waals surface area contributed by atoms with Crippen LogP contribution in [0.4, 0.5) is 0 Å². The predicted molar refractivity (Wildman–Crippen MR) is 47.1 cm³/mol. The molecule has 0 saturated carbocycles. The van der Waals surface area contributed by atoms with E-state index in [4.69, 9.17) is 5.11 Å². The van der Waals surface area contributed by atoms with Crippen molar-refractivity contribution in [3.63, 3.8) is 0 Å². The van der Waals surface area contributed by atoms with E-state index in [0.717, 1.165) is 32.2 Å². The molecule has 0 aromatic carbocycles. The summed E-state index contributed by atoms with van der Waals surface area (Å²) in [5.41, 5.74) is 0. The van der Waals surface area contributed by atoms with E-state index in [-0.39, 0.29) is 12.0 Å². The van der Waals surface area contributed by atoms with Gasteiger partial charge in [-0.2, -0.15) is 0 Å². The number of hydrogen-bond acceptors (Lipinski definition) is 2. The fourth-order valence-corrected chi connectivity index (χ4v) is 1.84. The highest BCUT2D eigenvalue weighted by Gasteiger charge is 2.27. The van der Waals surface area contributed by atoms with Crippen LogP contribution >= 0.6 is 0 Å². The van der Waals surface area contributed by atoms with Crippen LogP contribution in [-0.4, -0.2) is 23.7 Å². The first-order valence-electron chi connectivity index (χ1n) is 4.72. The normalized spacial score (nSPS) is 31.1. The van der Waals surface area contributed by atoms with E-state index in [1.54, 1.807) is 0 Å². The maximum atomic E-state index is 10.8. The minimum atomic E-state index is -0.642. The standard InChI is InChI=1S/C9H17NO2/c1-2-8-7(9(11)12)5-3-4-6-10-8/h7-8,10H,2-6H2,1H3,(H,11,12)/t7-,8+/m0/s1. The van der Waals surface area contributed by atoms with Gasteiger partial charge in [0.05, 0.1) is 5.92 Å². The average Bonchev–Trinajstić information content (AvgIpc) is 2.27. The van der Waals surface area contributed by atoms with Crippen molar-refractivity contribution in [1.29, 1.82) is 0 Å². The highest BCUT2D eigenvalue weighted by Crippen LogP contribution is 2.18. The van der Waals surface area contributed by atoms with E-state index in [9.17, 15) is 4.79 Å². The lowest BCUT2D eigenvalue weighted by atomic mass is 9.94. The maximum Gasteiger partial charge on any atom is 0.308 e. The van der Waals surface area contributed by atoms with E-state index in [1.807, 2.05) is 6.92 Å². The van der Waals surface area contributed by atoms with E-state index < -0.39 is 5.97 Å². The molecule has 1 fully saturated rings. The van der Waals surface area contributed by atoms with Crippen LogP contribution in [0.1, 0.15) is 32.6 Å². The zero-order valence-corrected chi connectivity index (χ0v) is 7.55. The van der Waals surface area contributed by atoms with Crippen LogP contribution < -0.4 is 5.32 Å². The molecule has 1 aliphatic rings. The van der Waals surface area contributed by atoms with Crippen molar-refractivity contribution >= 4 is 5.97 Å². The largest absolute Gasteiger partial charge is 0.481 e. The topological polar surface area (TPSA) is 49.3 Å². The molecule has 0 aromatic rings. The lowest BCUT2D eigenvalue weighted by molar-refractivity contribution is -0.142.